The molecule has 1 aliphatic rings. The number of carbonyl (C=O) groups is 1. The largest absolute Gasteiger partial charge is 0.271 e. The number of fused-ring (bicyclic) bond motifs is 2. The van der Waals surface area contributed by atoms with Crippen molar-refractivity contribution in [2.24, 2.45) is 5.92 Å². The molecule has 2 atom stereocenters. The third-order valence-electron chi connectivity index (χ3n) is 6.98. The normalized spacial score (nSPS) is 18.2. The molecule has 3 aromatic carbocycles. The molecule has 0 spiro atoms. The Balaban J connectivity index is 1.73. The minimum absolute atomic E-state index is 0.106. The molecule has 0 aliphatic heterocycles. The zero-order valence-electron chi connectivity index (χ0n) is 19.5. The van der Waals surface area contributed by atoms with Crippen LogP contribution in [-0.2, 0) is 0 Å². The first-order valence-electron chi connectivity index (χ1n) is 11.9. The number of hydrogen-bond donors (Lipinski definition) is 0. The van der Waals surface area contributed by atoms with Crippen LogP contribution in [0, 0.1) is 5.92 Å². The summed E-state index contributed by atoms with van der Waals surface area (Å²) >= 11 is 0. The number of allylic oxidation sites excluding steroid dienone is 1. The van der Waals surface area contributed by atoms with Gasteiger partial charge < -0.3 is 0 Å². The van der Waals surface area contributed by atoms with E-state index < -0.39 is 0 Å². The number of nitrogens with zero attached hydrogens (tertiary/aromatic N) is 2. The van der Waals surface area contributed by atoms with E-state index in [4.69, 9.17) is 5.10 Å². The van der Waals surface area contributed by atoms with Crippen molar-refractivity contribution in [1.29, 1.82) is 0 Å². The van der Waals surface area contributed by atoms with Gasteiger partial charge in [0, 0.05) is 23.1 Å². The average molecular weight is 435 g/mol. The predicted molar refractivity (Wildman–Crippen MR) is 136 cm³/mol. The van der Waals surface area contributed by atoms with Gasteiger partial charge in [0.05, 0.1) is 11.4 Å². The molecule has 0 saturated carbocycles. The van der Waals surface area contributed by atoms with Gasteiger partial charge in [0.1, 0.15) is 0 Å². The molecule has 0 saturated heterocycles. The fourth-order valence-corrected chi connectivity index (χ4v) is 5.22. The Labute approximate surface area is 195 Å². The molecular formula is C30H30N2O. The zero-order valence-corrected chi connectivity index (χ0v) is 19.5. The maximum atomic E-state index is 13.6. The second-order valence-electron chi connectivity index (χ2n) is 9.50. The number of aromatic nitrogens is 2. The molecule has 1 aliphatic carbocycles. The highest BCUT2D eigenvalue weighted by molar-refractivity contribution is 6.01. The van der Waals surface area contributed by atoms with Crippen molar-refractivity contribution in [2.45, 2.75) is 45.4 Å². The third-order valence-corrected chi connectivity index (χ3v) is 6.98. The maximum Gasteiger partial charge on any atom is 0.271 e. The van der Waals surface area contributed by atoms with Crippen LogP contribution in [0.25, 0.3) is 28.1 Å². The Morgan fingerprint density at radius 1 is 0.970 bits per heavy atom. The van der Waals surface area contributed by atoms with Crippen molar-refractivity contribution >= 4 is 22.8 Å². The molecule has 5 rings (SSSR count). The first kappa shape index (κ1) is 21.4. The smallest absolute Gasteiger partial charge is 0.267 e. The summed E-state index contributed by atoms with van der Waals surface area (Å²) in [5, 5.41) is 7.34. The summed E-state index contributed by atoms with van der Waals surface area (Å²) in [7, 11) is 0. The quantitative estimate of drug-likeness (QED) is 0.309. The molecule has 166 valence electrons. The van der Waals surface area contributed by atoms with Crippen LogP contribution >= 0.6 is 0 Å². The van der Waals surface area contributed by atoms with E-state index in [0.717, 1.165) is 40.7 Å². The van der Waals surface area contributed by atoms with Crippen LogP contribution in [0.15, 0.2) is 78.9 Å². The number of carbonyl (C=O) groups excluding carboxylic acids is 1. The highest BCUT2D eigenvalue weighted by Gasteiger charge is 2.35. The van der Waals surface area contributed by atoms with Gasteiger partial charge in [-0.25, -0.2) is 0 Å². The topological polar surface area (TPSA) is 34.9 Å². The van der Waals surface area contributed by atoms with Crippen molar-refractivity contribution < 1.29 is 4.79 Å². The molecule has 0 radical (unpaired) electrons. The first-order chi connectivity index (χ1) is 16.0. The summed E-state index contributed by atoms with van der Waals surface area (Å²) in [5.41, 5.74) is 5.40. The molecule has 4 aromatic rings. The summed E-state index contributed by atoms with van der Waals surface area (Å²) in [4.78, 5) is 13.6. The average Bonchev–Trinajstić information content (AvgIpc) is 3.24. The fraction of sp³-hybridized carbons (Fsp3) is 0.267. The number of hydrogen-bond acceptors (Lipinski definition) is 2. The van der Waals surface area contributed by atoms with E-state index in [9.17, 15) is 4.79 Å². The zero-order chi connectivity index (χ0) is 22.9. The second-order valence-corrected chi connectivity index (χ2v) is 9.50. The van der Waals surface area contributed by atoms with Crippen LogP contribution in [0.5, 0.6) is 0 Å². The van der Waals surface area contributed by atoms with Gasteiger partial charge in [0.2, 0.25) is 0 Å². The van der Waals surface area contributed by atoms with E-state index in [1.165, 1.54) is 10.9 Å². The van der Waals surface area contributed by atoms with Crippen LogP contribution in [0.1, 0.15) is 67.1 Å². The lowest BCUT2D eigenvalue weighted by Crippen LogP contribution is -2.17. The third kappa shape index (κ3) is 3.93. The highest BCUT2D eigenvalue weighted by atomic mass is 16.2. The minimum Gasteiger partial charge on any atom is -0.267 e. The van der Waals surface area contributed by atoms with Gasteiger partial charge in [0.25, 0.3) is 5.91 Å². The van der Waals surface area contributed by atoms with Crippen molar-refractivity contribution in [3.63, 3.8) is 0 Å². The number of benzene rings is 3. The van der Waals surface area contributed by atoms with Gasteiger partial charge in [-0.1, -0.05) is 93.6 Å². The van der Waals surface area contributed by atoms with E-state index in [0.29, 0.717) is 17.8 Å². The fourth-order valence-electron chi connectivity index (χ4n) is 5.22. The molecule has 3 heteroatoms. The van der Waals surface area contributed by atoms with E-state index in [1.807, 2.05) is 36.4 Å². The van der Waals surface area contributed by atoms with Gasteiger partial charge in [0.15, 0.2) is 0 Å². The lowest BCUT2D eigenvalue weighted by atomic mass is 9.75. The van der Waals surface area contributed by atoms with Crippen LogP contribution in [0.3, 0.4) is 0 Å². The molecule has 33 heavy (non-hydrogen) atoms. The molecule has 1 aromatic heterocycles. The molecule has 0 unspecified atom stereocenters. The van der Waals surface area contributed by atoms with Crippen LogP contribution in [-0.4, -0.2) is 15.7 Å². The van der Waals surface area contributed by atoms with Gasteiger partial charge in [-0.15, -0.1) is 0 Å². The van der Waals surface area contributed by atoms with E-state index in [2.05, 4.69) is 63.2 Å². The van der Waals surface area contributed by atoms with E-state index in [-0.39, 0.29) is 5.91 Å². The van der Waals surface area contributed by atoms with Crippen LogP contribution < -0.4 is 0 Å². The summed E-state index contributed by atoms with van der Waals surface area (Å²) in [6.45, 7) is 6.80. The standard InChI is InChI=1S/C30H30N2O/c1-20(2)24-18-16-21(3)28-29(24)31-32(27(33)19-17-22-10-5-4-6-11-22)30(28)26-15-9-13-23-12-7-8-14-25(23)26/h4-15,17,19-21,24H,16,18H2,1-3H3/b19-17+/t21-,24+/m1/s1. The summed E-state index contributed by atoms with van der Waals surface area (Å²) in [6, 6.07) is 24.7. The first-order valence-corrected chi connectivity index (χ1v) is 11.9. The maximum absolute atomic E-state index is 13.6. The molecule has 0 N–H and O–H groups in total. The Kier molecular flexibility index (Phi) is 5.72. The molecule has 0 bridgehead atoms. The van der Waals surface area contributed by atoms with E-state index >= 15 is 0 Å². The van der Waals surface area contributed by atoms with Crippen molar-refractivity contribution in [3.05, 3.63) is 95.7 Å². The van der Waals surface area contributed by atoms with Gasteiger partial charge in [-0.3, -0.25) is 4.79 Å². The Morgan fingerprint density at radius 2 is 1.70 bits per heavy atom. The SMILES string of the molecule is CC(C)[C@@H]1CC[C@@H](C)c2c1nn(C(=O)/C=C/c1ccccc1)c2-c1cccc2ccccc12. The lowest BCUT2D eigenvalue weighted by Gasteiger charge is -2.29. The summed E-state index contributed by atoms with van der Waals surface area (Å²) in [5.74, 6) is 1.11. The Bertz CT molecular complexity index is 1320. The van der Waals surface area contributed by atoms with Gasteiger partial charge in [-0.2, -0.15) is 9.78 Å². The molecule has 1 heterocycles. The number of rotatable bonds is 4. The van der Waals surface area contributed by atoms with Crippen molar-refractivity contribution in [3.8, 4) is 11.3 Å². The highest BCUT2D eigenvalue weighted by Crippen LogP contribution is 2.47. The predicted octanol–water partition coefficient (Wildman–Crippen LogP) is 7.69. The molecule has 0 fully saturated rings. The van der Waals surface area contributed by atoms with Crippen LogP contribution in [0.2, 0.25) is 0 Å². The molecule has 3 nitrogen and oxygen atoms in total. The van der Waals surface area contributed by atoms with E-state index in [1.54, 1.807) is 10.8 Å². The van der Waals surface area contributed by atoms with Crippen LogP contribution in [0.4, 0.5) is 0 Å². The minimum atomic E-state index is -0.106. The monoisotopic (exact) mass is 434 g/mol. The summed E-state index contributed by atoms with van der Waals surface area (Å²) in [6.07, 6.45) is 5.76. The van der Waals surface area contributed by atoms with Gasteiger partial charge in [-0.05, 0) is 47.1 Å². The molecule has 0 amide bonds. The molecular weight excluding hydrogens is 404 g/mol. The van der Waals surface area contributed by atoms with Crippen molar-refractivity contribution in [1.82, 2.24) is 9.78 Å². The Morgan fingerprint density at radius 3 is 2.48 bits per heavy atom. The lowest BCUT2D eigenvalue weighted by molar-refractivity contribution is 0.0956. The Hall–Kier alpha value is -3.46. The van der Waals surface area contributed by atoms with Crippen molar-refractivity contribution in [2.75, 3.05) is 0 Å². The summed E-state index contributed by atoms with van der Waals surface area (Å²) < 4.78 is 1.67. The second kappa shape index (κ2) is 8.82. The van der Waals surface area contributed by atoms with Gasteiger partial charge >= 0.3 is 0 Å².